The summed E-state index contributed by atoms with van der Waals surface area (Å²) in [4.78, 5) is 36.9. The molecule has 0 aliphatic carbocycles. The third-order valence-electron chi connectivity index (χ3n) is 7.42. The number of likely N-dealkylation sites (tertiary alicyclic amines) is 1. The van der Waals surface area contributed by atoms with Crippen molar-refractivity contribution in [3.05, 3.63) is 66.4 Å². The van der Waals surface area contributed by atoms with Gasteiger partial charge in [-0.1, -0.05) is 6.07 Å². The monoisotopic (exact) mass is 515 g/mol. The molecular weight excluding hydrogens is 485 g/mol. The highest BCUT2D eigenvalue weighted by molar-refractivity contribution is 5.80. The van der Waals surface area contributed by atoms with Gasteiger partial charge in [0.15, 0.2) is 5.82 Å². The van der Waals surface area contributed by atoms with Gasteiger partial charge in [-0.05, 0) is 37.1 Å². The lowest BCUT2D eigenvalue weighted by atomic mass is 10.0. The van der Waals surface area contributed by atoms with E-state index in [0.29, 0.717) is 31.7 Å². The zero-order chi connectivity index (χ0) is 26.1. The molecule has 2 fully saturated rings. The van der Waals surface area contributed by atoms with Gasteiger partial charge in [0.05, 0.1) is 11.0 Å². The Morgan fingerprint density at radius 3 is 2.39 bits per heavy atom. The summed E-state index contributed by atoms with van der Waals surface area (Å²) in [6, 6.07) is 10.7. The lowest BCUT2D eigenvalue weighted by molar-refractivity contribution is 0.0996. The van der Waals surface area contributed by atoms with Crippen LogP contribution in [0.4, 0.5) is 15.1 Å². The van der Waals surface area contributed by atoms with E-state index >= 15 is 0 Å². The number of piperazine rings is 1. The minimum atomic E-state index is -0.308. The maximum absolute atomic E-state index is 14.0. The first-order valence-corrected chi connectivity index (χ1v) is 13.0. The molecule has 0 bridgehead atoms. The number of nitrogen functional groups attached to an aromatic ring is 1. The summed E-state index contributed by atoms with van der Waals surface area (Å²) in [5, 5.41) is 0. The highest BCUT2D eigenvalue weighted by atomic mass is 19.1. The number of aromatic nitrogens is 5. The number of amides is 2. The number of halogens is 1. The number of pyridine rings is 1. The third kappa shape index (κ3) is 4.89. The minimum absolute atomic E-state index is 0.0985. The van der Waals surface area contributed by atoms with E-state index in [1.165, 1.54) is 12.1 Å². The van der Waals surface area contributed by atoms with E-state index in [2.05, 4.69) is 24.4 Å². The molecule has 11 heteroatoms. The zero-order valence-electron chi connectivity index (χ0n) is 21.1. The molecule has 2 N–H and O–H groups in total. The van der Waals surface area contributed by atoms with Gasteiger partial charge in [-0.25, -0.2) is 24.1 Å². The van der Waals surface area contributed by atoms with Gasteiger partial charge in [-0.2, -0.15) is 0 Å². The number of piperidine rings is 1. The van der Waals surface area contributed by atoms with Crippen LogP contribution in [-0.2, 0) is 6.54 Å². The number of hydrogen-bond acceptors (Lipinski definition) is 7. The molecule has 5 heterocycles. The number of urea groups is 1. The second-order valence-electron chi connectivity index (χ2n) is 9.87. The normalized spacial score (nSPS) is 17.3. The molecule has 0 atom stereocenters. The van der Waals surface area contributed by atoms with Gasteiger partial charge in [-0.15, -0.1) is 0 Å². The summed E-state index contributed by atoms with van der Waals surface area (Å²) >= 11 is 0. The SMILES string of the molecule is Nc1ncc(CN2CCN(C(=O)N3CCC(n4c(-c5ccccn5)nc5cc(F)ccc54)CC3)CC2)cn1. The molecule has 0 radical (unpaired) electrons. The predicted octanol–water partition coefficient (Wildman–Crippen LogP) is 3.18. The number of benzene rings is 1. The number of nitrogens with two attached hydrogens (primary N) is 1. The van der Waals surface area contributed by atoms with E-state index in [4.69, 9.17) is 10.7 Å². The number of carbonyl (C=O) groups excluding carboxylic acids is 1. The van der Waals surface area contributed by atoms with Gasteiger partial charge in [0, 0.05) is 82.1 Å². The summed E-state index contributed by atoms with van der Waals surface area (Å²) in [7, 11) is 0. The fraction of sp³-hybridized carbons (Fsp3) is 0.370. The number of anilines is 1. The molecule has 4 aromatic rings. The van der Waals surface area contributed by atoms with Crippen LogP contribution in [0.5, 0.6) is 0 Å². The topological polar surface area (TPSA) is 109 Å². The zero-order valence-corrected chi connectivity index (χ0v) is 21.1. The predicted molar refractivity (Wildman–Crippen MR) is 141 cm³/mol. The first-order valence-electron chi connectivity index (χ1n) is 13.0. The van der Waals surface area contributed by atoms with Gasteiger partial charge >= 0.3 is 6.03 Å². The summed E-state index contributed by atoms with van der Waals surface area (Å²) in [5.41, 5.74) is 8.85. The summed E-state index contributed by atoms with van der Waals surface area (Å²) < 4.78 is 16.1. The Kier molecular flexibility index (Phi) is 6.59. The van der Waals surface area contributed by atoms with Gasteiger partial charge in [-0.3, -0.25) is 9.88 Å². The van der Waals surface area contributed by atoms with Crippen molar-refractivity contribution >= 4 is 23.0 Å². The van der Waals surface area contributed by atoms with Crippen LogP contribution in [0, 0.1) is 5.82 Å². The highest BCUT2D eigenvalue weighted by Gasteiger charge is 2.31. The summed E-state index contributed by atoms with van der Waals surface area (Å²) in [6.45, 7) is 5.06. The molecule has 10 nitrogen and oxygen atoms in total. The Morgan fingerprint density at radius 1 is 0.947 bits per heavy atom. The number of hydrogen-bond donors (Lipinski definition) is 1. The number of nitrogens with zero attached hydrogens (tertiary/aromatic N) is 8. The molecule has 6 rings (SSSR count). The van der Waals surface area contributed by atoms with Crippen LogP contribution >= 0.6 is 0 Å². The fourth-order valence-electron chi connectivity index (χ4n) is 5.43. The van der Waals surface area contributed by atoms with E-state index < -0.39 is 0 Å². The smallest absolute Gasteiger partial charge is 0.320 e. The standard InChI is InChI=1S/C27H30FN9O/c28-20-4-5-24-23(15-20)33-25(22-3-1-2-8-30-22)37(24)21-6-9-35(10-7-21)27(38)36-13-11-34(12-14-36)18-19-16-31-26(29)32-17-19/h1-5,8,15-17,21H,6-7,9-14,18H2,(H2,29,31,32). The molecule has 3 aromatic heterocycles. The van der Waals surface area contributed by atoms with Crippen molar-refractivity contribution in [1.82, 2.24) is 39.2 Å². The second-order valence-corrected chi connectivity index (χ2v) is 9.87. The van der Waals surface area contributed by atoms with E-state index in [1.54, 1.807) is 24.7 Å². The van der Waals surface area contributed by atoms with Crippen LogP contribution in [0.15, 0.2) is 55.0 Å². The third-order valence-corrected chi connectivity index (χ3v) is 7.42. The second kappa shape index (κ2) is 10.3. The largest absolute Gasteiger partial charge is 0.368 e. The molecule has 38 heavy (non-hydrogen) atoms. The van der Waals surface area contributed by atoms with E-state index in [-0.39, 0.29) is 23.8 Å². The van der Waals surface area contributed by atoms with Gasteiger partial charge in [0.25, 0.3) is 0 Å². The lowest BCUT2D eigenvalue weighted by Gasteiger charge is -2.40. The first kappa shape index (κ1) is 24.2. The Balaban J connectivity index is 1.10. The maximum Gasteiger partial charge on any atom is 0.320 e. The van der Waals surface area contributed by atoms with Crippen LogP contribution in [0.3, 0.4) is 0 Å². The van der Waals surface area contributed by atoms with Crippen LogP contribution in [-0.4, -0.2) is 84.5 Å². The minimum Gasteiger partial charge on any atom is -0.368 e. The van der Waals surface area contributed by atoms with E-state index in [0.717, 1.165) is 55.1 Å². The van der Waals surface area contributed by atoms with Crippen molar-refractivity contribution in [3.8, 4) is 11.5 Å². The Morgan fingerprint density at radius 2 is 1.68 bits per heavy atom. The molecule has 2 saturated heterocycles. The average Bonchev–Trinajstić information content (AvgIpc) is 3.33. The van der Waals surface area contributed by atoms with Crippen molar-refractivity contribution in [2.24, 2.45) is 0 Å². The molecule has 0 unspecified atom stereocenters. The average molecular weight is 516 g/mol. The molecule has 196 valence electrons. The molecule has 0 saturated carbocycles. The lowest BCUT2D eigenvalue weighted by Crippen LogP contribution is -2.53. The van der Waals surface area contributed by atoms with Gasteiger partial charge < -0.3 is 20.1 Å². The number of carbonyl (C=O) groups is 1. The molecular formula is C27H30FN9O. The van der Waals surface area contributed by atoms with Crippen molar-refractivity contribution in [2.75, 3.05) is 45.0 Å². The quantitative estimate of drug-likeness (QED) is 0.445. The molecule has 1 aromatic carbocycles. The fourth-order valence-corrected chi connectivity index (χ4v) is 5.43. The Bertz CT molecular complexity index is 1410. The van der Waals surface area contributed by atoms with Crippen molar-refractivity contribution < 1.29 is 9.18 Å². The van der Waals surface area contributed by atoms with E-state index in [9.17, 15) is 9.18 Å². The Labute approximate surface area is 219 Å². The van der Waals surface area contributed by atoms with Crippen LogP contribution in [0.1, 0.15) is 24.4 Å². The molecule has 2 aliphatic rings. The van der Waals surface area contributed by atoms with Gasteiger partial charge in [0.2, 0.25) is 5.95 Å². The molecule has 2 amide bonds. The first-order chi connectivity index (χ1) is 18.5. The van der Waals surface area contributed by atoms with Crippen molar-refractivity contribution in [1.29, 1.82) is 0 Å². The number of imidazole rings is 1. The van der Waals surface area contributed by atoms with Crippen LogP contribution < -0.4 is 5.73 Å². The summed E-state index contributed by atoms with van der Waals surface area (Å²) in [5.74, 6) is 0.701. The van der Waals surface area contributed by atoms with Crippen molar-refractivity contribution in [3.63, 3.8) is 0 Å². The maximum atomic E-state index is 14.0. The molecule has 0 spiro atoms. The van der Waals surface area contributed by atoms with Crippen LogP contribution in [0.2, 0.25) is 0 Å². The molecule has 2 aliphatic heterocycles. The summed E-state index contributed by atoms with van der Waals surface area (Å²) in [6.07, 6.45) is 6.84. The Hall–Kier alpha value is -4.12. The van der Waals surface area contributed by atoms with Gasteiger partial charge in [0.1, 0.15) is 11.5 Å². The van der Waals surface area contributed by atoms with Crippen molar-refractivity contribution in [2.45, 2.75) is 25.4 Å². The van der Waals surface area contributed by atoms with E-state index in [1.807, 2.05) is 28.0 Å². The number of rotatable bonds is 4. The number of fused-ring (bicyclic) bond motifs is 1. The highest BCUT2D eigenvalue weighted by Crippen LogP contribution is 2.33. The van der Waals surface area contributed by atoms with Crippen LogP contribution in [0.25, 0.3) is 22.6 Å².